The Morgan fingerprint density at radius 3 is 2.69 bits per heavy atom. The zero-order valence-electron chi connectivity index (χ0n) is 14.5. The summed E-state index contributed by atoms with van der Waals surface area (Å²) in [6.07, 6.45) is 2.29. The van der Waals surface area contributed by atoms with Crippen molar-refractivity contribution >= 4 is 33.3 Å². The van der Waals surface area contributed by atoms with Gasteiger partial charge in [-0.25, -0.2) is 13.8 Å². The third kappa shape index (κ3) is 3.35. The summed E-state index contributed by atoms with van der Waals surface area (Å²) in [6, 6.07) is 8.61. The molecule has 0 amide bonds. The standard InChI is InChI=1S/C19H20F2N4S/c1-19(20,21)14-7-3-2-6-13(14)12-22-17-16-15(8-11-26-16)23-18(24-17)25-9-4-5-10-25/h2-3,6-8,11H,4-5,9-10,12H2,1H3,(H,22,23,24). The van der Waals surface area contributed by atoms with Crippen LogP contribution in [0, 0.1) is 0 Å². The largest absolute Gasteiger partial charge is 0.365 e. The second kappa shape index (κ2) is 6.79. The van der Waals surface area contributed by atoms with Crippen LogP contribution in [0.3, 0.4) is 0 Å². The fourth-order valence-corrected chi connectivity index (χ4v) is 4.11. The molecule has 0 radical (unpaired) electrons. The van der Waals surface area contributed by atoms with Crippen LogP contribution in [-0.2, 0) is 12.5 Å². The average molecular weight is 374 g/mol. The molecular formula is C19H20F2N4S. The Balaban J connectivity index is 1.64. The monoisotopic (exact) mass is 374 g/mol. The van der Waals surface area contributed by atoms with Gasteiger partial charge in [-0.15, -0.1) is 11.3 Å². The topological polar surface area (TPSA) is 41.1 Å². The van der Waals surface area contributed by atoms with Gasteiger partial charge in [-0.05, 0) is 29.9 Å². The lowest BCUT2D eigenvalue weighted by atomic mass is 10.0. The quantitative estimate of drug-likeness (QED) is 0.681. The summed E-state index contributed by atoms with van der Waals surface area (Å²) in [5.74, 6) is -1.45. The number of alkyl halides is 2. The molecule has 1 aliphatic rings. The van der Waals surface area contributed by atoms with Gasteiger partial charge in [-0.1, -0.05) is 24.3 Å². The van der Waals surface area contributed by atoms with E-state index in [9.17, 15) is 8.78 Å². The highest BCUT2D eigenvalue weighted by Gasteiger charge is 2.27. The number of rotatable bonds is 5. The second-order valence-corrected chi connectivity index (χ2v) is 7.52. The first-order chi connectivity index (χ1) is 12.5. The summed E-state index contributed by atoms with van der Waals surface area (Å²) in [6.45, 7) is 3.14. The van der Waals surface area contributed by atoms with Gasteiger partial charge in [0.25, 0.3) is 5.92 Å². The molecule has 0 unspecified atom stereocenters. The fraction of sp³-hybridized carbons (Fsp3) is 0.368. The maximum atomic E-state index is 13.9. The minimum atomic E-state index is -2.87. The van der Waals surface area contributed by atoms with Crippen molar-refractivity contribution in [3.05, 3.63) is 46.8 Å². The molecule has 7 heteroatoms. The molecule has 0 aliphatic carbocycles. The molecule has 136 valence electrons. The summed E-state index contributed by atoms with van der Waals surface area (Å²) < 4.78 is 28.7. The summed E-state index contributed by atoms with van der Waals surface area (Å²) in [5, 5.41) is 5.24. The Kier molecular flexibility index (Phi) is 4.48. The van der Waals surface area contributed by atoms with Crippen LogP contribution in [0.2, 0.25) is 0 Å². The Hall–Kier alpha value is -2.28. The van der Waals surface area contributed by atoms with Crippen LogP contribution in [-0.4, -0.2) is 23.1 Å². The summed E-state index contributed by atoms with van der Waals surface area (Å²) in [7, 11) is 0. The van der Waals surface area contributed by atoms with E-state index < -0.39 is 5.92 Å². The molecule has 0 spiro atoms. The Labute approximate surface area is 154 Å². The molecule has 2 aromatic heterocycles. The van der Waals surface area contributed by atoms with Crippen molar-refractivity contribution in [1.29, 1.82) is 0 Å². The van der Waals surface area contributed by atoms with Crippen LogP contribution in [0.5, 0.6) is 0 Å². The molecule has 3 aromatic rings. The van der Waals surface area contributed by atoms with Crippen molar-refractivity contribution in [2.75, 3.05) is 23.3 Å². The van der Waals surface area contributed by atoms with Crippen molar-refractivity contribution < 1.29 is 8.78 Å². The normalized spacial score (nSPS) is 15.0. The predicted octanol–water partition coefficient (Wildman–Crippen LogP) is 5.02. The van der Waals surface area contributed by atoms with Crippen LogP contribution >= 0.6 is 11.3 Å². The van der Waals surface area contributed by atoms with Gasteiger partial charge in [-0.3, -0.25) is 0 Å². The average Bonchev–Trinajstić information content (AvgIpc) is 3.30. The molecular weight excluding hydrogens is 354 g/mol. The number of fused-ring (bicyclic) bond motifs is 1. The molecule has 0 saturated carbocycles. The first-order valence-electron chi connectivity index (χ1n) is 8.72. The molecule has 0 bridgehead atoms. The van der Waals surface area contributed by atoms with Gasteiger partial charge in [0.15, 0.2) is 0 Å². The van der Waals surface area contributed by atoms with Crippen molar-refractivity contribution in [3.8, 4) is 0 Å². The van der Waals surface area contributed by atoms with E-state index in [4.69, 9.17) is 0 Å². The number of nitrogens with zero attached hydrogens (tertiary/aromatic N) is 3. The van der Waals surface area contributed by atoms with E-state index >= 15 is 0 Å². The first-order valence-corrected chi connectivity index (χ1v) is 9.60. The van der Waals surface area contributed by atoms with E-state index in [0.717, 1.165) is 43.1 Å². The molecule has 1 N–H and O–H groups in total. The van der Waals surface area contributed by atoms with Crippen LogP contribution < -0.4 is 10.2 Å². The molecule has 4 nitrogen and oxygen atoms in total. The Bertz CT molecular complexity index is 913. The van der Waals surface area contributed by atoms with Crippen LogP contribution in [0.1, 0.15) is 30.9 Å². The van der Waals surface area contributed by atoms with Gasteiger partial charge in [0, 0.05) is 32.1 Å². The maximum absolute atomic E-state index is 13.9. The Morgan fingerprint density at radius 1 is 1.15 bits per heavy atom. The molecule has 1 fully saturated rings. The van der Waals surface area contributed by atoms with Gasteiger partial charge in [0.05, 0.1) is 10.2 Å². The summed E-state index contributed by atoms with van der Waals surface area (Å²) in [4.78, 5) is 11.5. The number of halogens is 2. The van der Waals surface area contributed by atoms with Crippen molar-refractivity contribution in [3.63, 3.8) is 0 Å². The fourth-order valence-electron chi connectivity index (χ4n) is 3.31. The third-order valence-corrected chi connectivity index (χ3v) is 5.53. The summed E-state index contributed by atoms with van der Waals surface area (Å²) >= 11 is 1.56. The van der Waals surface area contributed by atoms with Crippen LogP contribution in [0.15, 0.2) is 35.7 Å². The molecule has 1 aliphatic heterocycles. The van der Waals surface area contributed by atoms with Gasteiger partial charge in [0.1, 0.15) is 5.82 Å². The number of hydrogen-bond acceptors (Lipinski definition) is 5. The summed E-state index contributed by atoms with van der Waals surface area (Å²) in [5.41, 5.74) is 1.51. The first kappa shape index (κ1) is 17.1. The van der Waals surface area contributed by atoms with E-state index in [1.54, 1.807) is 29.5 Å². The van der Waals surface area contributed by atoms with Crippen molar-refractivity contribution in [2.24, 2.45) is 0 Å². The lowest BCUT2D eigenvalue weighted by Crippen LogP contribution is -2.21. The zero-order valence-corrected chi connectivity index (χ0v) is 15.3. The number of benzene rings is 1. The smallest absolute Gasteiger partial charge is 0.270 e. The van der Waals surface area contributed by atoms with E-state index in [1.807, 2.05) is 11.4 Å². The second-order valence-electron chi connectivity index (χ2n) is 6.60. The number of nitrogens with one attached hydrogen (secondary N) is 1. The predicted molar refractivity (Wildman–Crippen MR) is 102 cm³/mol. The molecule has 1 saturated heterocycles. The van der Waals surface area contributed by atoms with Gasteiger partial charge in [-0.2, -0.15) is 4.98 Å². The number of anilines is 2. The molecule has 4 rings (SSSR count). The van der Waals surface area contributed by atoms with Crippen LogP contribution in [0.25, 0.3) is 10.2 Å². The highest BCUT2D eigenvalue weighted by Crippen LogP contribution is 2.32. The SMILES string of the molecule is CC(F)(F)c1ccccc1CNc1nc(N2CCCC2)nc2ccsc12. The lowest BCUT2D eigenvalue weighted by molar-refractivity contribution is 0.0166. The van der Waals surface area contributed by atoms with Gasteiger partial charge in [0.2, 0.25) is 5.95 Å². The number of thiophene rings is 1. The highest BCUT2D eigenvalue weighted by atomic mass is 32.1. The molecule has 1 aromatic carbocycles. The highest BCUT2D eigenvalue weighted by molar-refractivity contribution is 7.17. The van der Waals surface area contributed by atoms with Crippen LogP contribution in [0.4, 0.5) is 20.5 Å². The van der Waals surface area contributed by atoms with Crippen molar-refractivity contribution in [2.45, 2.75) is 32.2 Å². The van der Waals surface area contributed by atoms with E-state index in [2.05, 4.69) is 20.2 Å². The molecule has 3 heterocycles. The van der Waals surface area contributed by atoms with Crippen molar-refractivity contribution in [1.82, 2.24) is 9.97 Å². The van der Waals surface area contributed by atoms with E-state index in [1.165, 1.54) is 6.07 Å². The van der Waals surface area contributed by atoms with Gasteiger partial charge >= 0.3 is 0 Å². The van der Waals surface area contributed by atoms with E-state index in [0.29, 0.717) is 23.9 Å². The lowest BCUT2D eigenvalue weighted by Gasteiger charge is -2.18. The van der Waals surface area contributed by atoms with Gasteiger partial charge < -0.3 is 10.2 Å². The minimum absolute atomic E-state index is 0.0451. The minimum Gasteiger partial charge on any atom is -0.365 e. The number of aromatic nitrogens is 2. The Morgan fingerprint density at radius 2 is 1.92 bits per heavy atom. The molecule has 26 heavy (non-hydrogen) atoms. The van der Waals surface area contributed by atoms with E-state index in [-0.39, 0.29) is 5.56 Å². The maximum Gasteiger partial charge on any atom is 0.270 e. The zero-order chi connectivity index (χ0) is 18.1. The third-order valence-electron chi connectivity index (χ3n) is 4.62. The molecule has 0 atom stereocenters. The number of hydrogen-bond donors (Lipinski definition) is 1.